The van der Waals surface area contributed by atoms with Crippen molar-refractivity contribution in [2.75, 3.05) is 26.2 Å². The van der Waals surface area contributed by atoms with Gasteiger partial charge in [-0.1, -0.05) is 43.3 Å². The fourth-order valence-corrected chi connectivity index (χ4v) is 3.92. The normalized spacial score (nSPS) is 15.5. The lowest BCUT2D eigenvalue weighted by molar-refractivity contribution is 0.0916. The van der Waals surface area contributed by atoms with Crippen molar-refractivity contribution in [1.29, 1.82) is 0 Å². The summed E-state index contributed by atoms with van der Waals surface area (Å²) >= 11 is 0. The van der Waals surface area contributed by atoms with Gasteiger partial charge in [0.1, 0.15) is 17.9 Å². The van der Waals surface area contributed by atoms with Crippen molar-refractivity contribution in [2.45, 2.75) is 26.4 Å². The Bertz CT molecular complexity index is 945. The van der Waals surface area contributed by atoms with Gasteiger partial charge in [0.25, 0.3) is 5.91 Å². The lowest BCUT2D eigenvalue weighted by Gasteiger charge is -2.20. The van der Waals surface area contributed by atoms with Gasteiger partial charge in [-0.2, -0.15) is 0 Å². The minimum absolute atomic E-state index is 0.180. The Labute approximate surface area is 171 Å². The maximum atomic E-state index is 12.9. The number of furan rings is 1. The monoisotopic (exact) mass is 392 g/mol. The van der Waals surface area contributed by atoms with Crippen LogP contribution >= 0.6 is 0 Å². The second-order valence-electron chi connectivity index (χ2n) is 7.83. The maximum absolute atomic E-state index is 12.9. The predicted molar refractivity (Wildman–Crippen MR) is 114 cm³/mol. The van der Waals surface area contributed by atoms with Crippen LogP contribution in [-0.4, -0.2) is 37.0 Å². The summed E-state index contributed by atoms with van der Waals surface area (Å²) in [5.41, 5.74) is 1.49. The Kier molecular flexibility index (Phi) is 6.15. The van der Waals surface area contributed by atoms with Crippen LogP contribution in [-0.2, 0) is 6.61 Å². The second-order valence-corrected chi connectivity index (χ2v) is 7.83. The van der Waals surface area contributed by atoms with E-state index in [2.05, 4.69) is 17.1 Å². The van der Waals surface area contributed by atoms with Gasteiger partial charge in [-0.15, -0.1) is 0 Å². The smallest absolute Gasteiger partial charge is 0.287 e. The molecule has 1 amide bonds. The molecule has 1 saturated heterocycles. The molecule has 1 unspecified atom stereocenters. The lowest BCUT2D eigenvalue weighted by Crippen LogP contribution is -2.34. The van der Waals surface area contributed by atoms with Gasteiger partial charge >= 0.3 is 0 Å². The van der Waals surface area contributed by atoms with E-state index in [0.717, 1.165) is 23.2 Å². The molecule has 1 fully saturated rings. The highest BCUT2D eigenvalue weighted by atomic mass is 16.5. The number of rotatable bonds is 8. The van der Waals surface area contributed by atoms with E-state index >= 15 is 0 Å². The molecular formula is C24H28N2O3. The van der Waals surface area contributed by atoms with Gasteiger partial charge in [0.15, 0.2) is 5.76 Å². The molecule has 5 nitrogen and oxygen atoms in total. The molecule has 29 heavy (non-hydrogen) atoms. The Morgan fingerprint density at radius 3 is 2.62 bits per heavy atom. The van der Waals surface area contributed by atoms with E-state index in [4.69, 9.17) is 9.15 Å². The average molecular weight is 392 g/mol. The van der Waals surface area contributed by atoms with E-state index in [1.54, 1.807) is 0 Å². The Morgan fingerprint density at radius 1 is 1.10 bits per heavy atom. The summed E-state index contributed by atoms with van der Waals surface area (Å²) in [5.74, 6) is 1.32. The first kappa shape index (κ1) is 19.5. The third-order valence-electron chi connectivity index (χ3n) is 5.41. The van der Waals surface area contributed by atoms with Crippen LogP contribution in [0.5, 0.6) is 5.75 Å². The minimum Gasteiger partial charge on any atom is -0.489 e. The number of carbonyl (C=O) groups excluding carboxylic acids is 1. The fourth-order valence-electron chi connectivity index (χ4n) is 3.92. The van der Waals surface area contributed by atoms with Crippen LogP contribution in [0.3, 0.4) is 0 Å². The molecular weight excluding hydrogens is 364 g/mol. The number of nitrogens with zero attached hydrogens (tertiary/aromatic N) is 1. The van der Waals surface area contributed by atoms with Crippen LogP contribution in [0.2, 0.25) is 0 Å². The molecule has 0 saturated carbocycles. The number of hydrogen-bond acceptors (Lipinski definition) is 4. The Hall–Kier alpha value is -2.79. The topological polar surface area (TPSA) is 54.7 Å². The number of benzene rings is 2. The number of fused-ring (bicyclic) bond motifs is 1. The molecule has 152 valence electrons. The third kappa shape index (κ3) is 4.80. The van der Waals surface area contributed by atoms with Crippen molar-refractivity contribution in [3.63, 3.8) is 0 Å². The van der Waals surface area contributed by atoms with Gasteiger partial charge in [-0.25, -0.2) is 0 Å². The van der Waals surface area contributed by atoms with E-state index in [9.17, 15) is 4.79 Å². The van der Waals surface area contributed by atoms with Crippen molar-refractivity contribution in [3.8, 4) is 5.75 Å². The molecule has 4 rings (SSSR count). The number of amides is 1. The first-order valence-corrected chi connectivity index (χ1v) is 10.4. The standard InChI is InChI=1S/C24H28N2O3/c1-18(16-26-13-7-8-14-26)15-25-24(27)23-21(17-28-19-9-3-2-4-10-19)20-11-5-6-12-22(20)29-23/h2-6,9-12,18H,7-8,13-17H2,1H3,(H,25,27). The van der Waals surface area contributed by atoms with Crippen molar-refractivity contribution < 1.29 is 13.9 Å². The summed E-state index contributed by atoms with van der Waals surface area (Å²) < 4.78 is 11.8. The molecule has 0 bridgehead atoms. The highest BCUT2D eigenvalue weighted by Gasteiger charge is 2.22. The Balaban J connectivity index is 1.45. The molecule has 0 aliphatic carbocycles. The zero-order chi connectivity index (χ0) is 20.1. The predicted octanol–water partition coefficient (Wildman–Crippen LogP) is 4.47. The molecule has 5 heteroatoms. The van der Waals surface area contributed by atoms with Crippen LogP contribution in [0.4, 0.5) is 0 Å². The van der Waals surface area contributed by atoms with Gasteiger partial charge in [-0.05, 0) is 50.0 Å². The van der Waals surface area contributed by atoms with Crippen LogP contribution in [0.25, 0.3) is 11.0 Å². The lowest BCUT2D eigenvalue weighted by atomic mass is 10.1. The van der Waals surface area contributed by atoms with Gasteiger partial charge in [-0.3, -0.25) is 4.79 Å². The van der Waals surface area contributed by atoms with Gasteiger partial charge in [0.05, 0.1) is 0 Å². The fraction of sp³-hybridized carbons (Fsp3) is 0.375. The highest BCUT2D eigenvalue weighted by molar-refractivity contribution is 5.99. The molecule has 0 spiro atoms. The first-order chi connectivity index (χ1) is 14.2. The summed E-state index contributed by atoms with van der Waals surface area (Å²) in [7, 11) is 0. The van der Waals surface area contributed by atoms with E-state index in [0.29, 0.717) is 23.8 Å². The van der Waals surface area contributed by atoms with Crippen molar-refractivity contribution >= 4 is 16.9 Å². The van der Waals surface area contributed by atoms with Crippen molar-refractivity contribution in [3.05, 3.63) is 65.9 Å². The van der Waals surface area contributed by atoms with E-state index in [1.807, 2.05) is 54.6 Å². The summed E-state index contributed by atoms with van der Waals surface area (Å²) in [6.07, 6.45) is 2.56. The maximum Gasteiger partial charge on any atom is 0.287 e. The third-order valence-corrected chi connectivity index (χ3v) is 5.41. The summed E-state index contributed by atoms with van der Waals surface area (Å²) in [4.78, 5) is 15.4. The number of carbonyl (C=O) groups is 1. The molecule has 1 N–H and O–H groups in total. The van der Waals surface area contributed by atoms with Crippen molar-refractivity contribution in [1.82, 2.24) is 10.2 Å². The number of hydrogen-bond donors (Lipinski definition) is 1. The van der Waals surface area contributed by atoms with Gasteiger partial charge in [0.2, 0.25) is 0 Å². The number of para-hydroxylation sites is 2. The summed E-state index contributed by atoms with van der Waals surface area (Å²) in [5, 5.41) is 3.97. The zero-order valence-corrected chi connectivity index (χ0v) is 16.9. The van der Waals surface area contributed by atoms with E-state index in [-0.39, 0.29) is 12.5 Å². The Morgan fingerprint density at radius 2 is 1.83 bits per heavy atom. The second kappa shape index (κ2) is 9.14. The van der Waals surface area contributed by atoms with Crippen molar-refractivity contribution in [2.24, 2.45) is 5.92 Å². The van der Waals surface area contributed by atoms with Gasteiger partial charge < -0.3 is 19.4 Å². The molecule has 3 aromatic rings. The van der Waals surface area contributed by atoms with Crippen LogP contribution in [0.15, 0.2) is 59.0 Å². The number of ether oxygens (including phenoxy) is 1. The first-order valence-electron chi connectivity index (χ1n) is 10.4. The molecule has 2 heterocycles. The number of likely N-dealkylation sites (tertiary alicyclic amines) is 1. The van der Waals surface area contributed by atoms with Gasteiger partial charge in [0, 0.05) is 24.0 Å². The molecule has 1 atom stereocenters. The molecule has 0 radical (unpaired) electrons. The molecule has 2 aromatic carbocycles. The molecule has 1 aromatic heterocycles. The number of nitrogens with one attached hydrogen (secondary N) is 1. The average Bonchev–Trinajstić information content (AvgIpc) is 3.39. The molecule has 1 aliphatic rings. The summed E-state index contributed by atoms with van der Waals surface area (Å²) in [6.45, 7) is 6.45. The zero-order valence-electron chi connectivity index (χ0n) is 16.9. The van der Waals surface area contributed by atoms with E-state index in [1.165, 1.54) is 25.9 Å². The van der Waals surface area contributed by atoms with E-state index < -0.39 is 0 Å². The van der Waals surface area contributed by atoms with Crippen LogP contribution in [0, 0.1) is 5.92 Å². The highest BCUT2D eigenvalue weighted by Crippen LogP contribution is 2.27. The molecule has 1 aliphatic heterocycles. The minimum atomic E-state index is -0.180. The largest absolute Gasteiger partial charge is 0.489 e. The SMILES string of the molecule is CC(CNC(=O)c1oc2ccccc2c1COc1ccccc1)CN1CCCC1. The van der Waals surface area contributed by atoms with Crippen LogP contribution < -0.4 is 10.1 Å². The van der Waals surface area contributed by atoms with Crippen LogP contribution in [0.1, 0.15) is 35.9 Å². The quantitative estimate of drug-likeness (QED) is 0.614. The summed E-state index contributed by atoms with van der Waals surface area (Å²) in [6, 6.07) is 17.3.